The maximum Gasteiger partial charge on any atom is 0.229 e. The summed E-state index contributed by atoms with van der Waals surface area (Å²) in [5.41, 5.74) is 2.82. The Bertz CT molecular complexity index is 628. The van der Waals surface area contributed by atoms with E-state index in [0.717, 1.165) is 34.2 Å². The van der Waals surface area contributed by atoms with Crippen LogP contribution in [0.1, 0.15) is 31.5 Å². The molecule has 4 nitrogen and oxygen atoms in total. The summed E-state index contributed by atoms with van der Waals surface area (Å²) in [6.45, 7) is 8.20. The zero-order valence-electron chi connectivity index (χ0n) is 12.9. The fourth-order valence-electron chi connectivity index (χ4n) is 1.92. The largest absolute Gasteiger partial charge is 0.367 e. The predicted octanol–water partition coefficient (Wildman–Crippen LogP) is 4.70. The molecule has 0 aliphatic rings. The number of hydrogen-bond donors (Lipinski definition) is 2. The summed E-state index contributed by atoms with van der Waals surface area (Å²) >= 11 is 6.14. The van der Waals surface area contributed by atoms with Crippen LogP contribution in [0.5, 0.6) is 0 Å². The van der Waals surface area contributed by atoms with Gasteiger partial charge in [-0.25, -0.2) is 4.98 Å². The minimum atomic E-state index is 0.375. The molecular weight excluding hydrogens is 284 g/mol. The van der Waals surface area contributed by atoms with E-state index in [-0.39, 0.29) is 0 Å². The molecule has 0 saturated heterocycles. The van der Waals surface area contributed by atoms with Crippen LogP contribution < -0.4 is 10.6 Å². The molecule has 1 aromatic heterocycles. The molecule has 1 atom stereocenters. The molecule has 2 aromatic rings. The van der Waals surface area contributed by atoms with Gasteiger partial charge in [0, 0.05) is 28.5 Å². The Balaban J connectivity index is 2.25. The van der Waals surface area contributed by atoms with Crippen LogP contribution in [-0.2, 0) is 0 Å². The van der Waals surface area contributed by atoms with Gasteiger partial charge < -0.3 is 10.6 Å². The molecule has 0 spiro atoms. The fraction of sp³-hybridized carbons (Fsp3) is 0.375. The third-order valence-corrected chi connectivity index (χ3v) is 3.78. The number of aromatic nitrogens is 2. The summed E-state index contributed by atoms with van der Waals surface area (Å²) in [5, 5.41) is 7.33. The normalized spacial score (nSPS) is 12.0. The van der Waals surface area contributed by atoms with E-state index < -0.39 is 0 Å². The molecule has 2 N–H and O–H groups in total. The standard InChI is InChI=1S/C16H21ClN4/c1-5-10(2)18-15-9-11(3)19-16(21-15)20-14-8-6-7-13(17)12(14)4/h6-10H,5H2,1-4H3,(H2,18,19,20,21). The van der Waals surface area contributed by atoms with Crippen LogP contribution in [0.2, 0.25) is 5.02 Å². The van der Waals surface area contributed by atoms with E-state index in [2.05, 4.69) is 34.4 Å². The van der Waals surface area contributed by atoms with Crippen molar-refractivity contribution in [1.82, 2.24) is 9.97 Å². The van der Waals surface area contributed by atoms with Crippen molar-refractivity contribution < 1.29 is 0 Å². The maximum atomic E-state index is 6.14. The van der Waals surface area contributed by atoms with E-state index in [9.17, 15) is 0 Å². The highest BCUT2D eigenvalue weighted by molar-refractivity contribution is 6.31. The molecule has 0 fully saturated rings. The highest BCUT2D eigenvalue weighted by atomic mass is 35.5. The summed E-state index contributed by atoms with van der Waals surface area (Å²) in [5.74, 6) is 1.41. The lowest BCUT2D eigenvalue weighted by atomic mass is 10.2. The van der Waals surface area contributed by atoms with Gasteiger partial charge in [0.1, 0.15) is 5.82 Å². The first-order chi connectivity index (χ1) is 9.99. The molecule has 2 rings (SSSR count). The molecule has 1 unspecified atom stereocenters. The van der Waals surface area contributed by atoms with Gasteiger partial charge in [-0.2, -0.15) is 4.98 Å². The molecule has 1 aromatic carbocycles. The predicted molar refractivity (Wildman–Crippen MR) is 89.6 cm³/mol. The lowest BCUT2D eigenvalue weighted by Crippen LogP contribution is -2.15. The van der Waals surface area contributed by atoms with Gasteiger partial charge in [0.05, 0.1) is 0 Å². The molecule has 0 aliphatic carbocycles. The average molecular weight is 305 g/mol. The van der Waals surface area contributed by atoms with Crippen molar-refractivity contribution in [3.8, 4) is 0 Å². The highest BCUT2D eigenvalue weighted by Gasteiger charge is 2.07. The van der Waals surface area contributed by atoms with Gasteiger partial charge in [-0.05, 0) is 44.9 Å². The number of benzene rings is 1. The second-order valence-corrected chi connectivity index (χ2v) is 5.62. The lowest BCUT2D eigenvalue weighted by molar-refractivity contribution is 0.758. The minimum Gasteiger partial charge on any atom is -0.367 e. The molecule has 112 valence electrons. The first kappa shape index (κ1) is 15.6. The van der Waals surface area contributed by atoms with E-state index in [0.29, 0.717) is 12.0 Å². The van der Waals surface area contributed by atoms with E-state index in [4.69, 9.17) is 11.6 Å². The third-order valence-electron chi connectivity index (χ3n) is 3.38. The fourth-order valence-corrected chi connectivity index (χ4v) is 2.09. The molecular formula is C16H21ClN4. The number of rotatable bonds is 5. The summed E-state index contributed by atoms with van der Waals surface area (Å²) in [4.78, 5) is 8.94. The van der Waals surface area contributed by atoms with Crippen molar-refractivity contribution >= 4 is 29.1 Å². The van der Waals surface area contributed by atoms with Crippen molar-refractivity contribution in [2.24, 2.45) is 0 Å². The van der Waals surface area contributed by atoms with Crippen molar-refractivity contribution in [2.45, 2.75) is 40.2 Å². The quantitative estimate of drug-likeness (QED) is 0.840. The van der Waals surface area contributed by atoms with Crippen LogP contribution >= 0.6 is 11.6 Å². The topological polar surface area (TPSA) is 49.8 Å². The molecule has 0 aliphatic heterocycles. The van der Waals surface area contributed by atoms with E-state index in [1.165, 1.54) is 0 Å². The van der Waals surface area contributed by atoms with Crippen LogP contribution in [0.15, 0.2) is 24.3 Å². The van der Waals surface area contributed by atoms with Gasteiger partial charge >= 0.3 is 0 Å². The lowest BCUT2D eigenvalue weighted by Gasteiger charge is -2.14. The molecule has 21 heavy (non-hydrogen) atoms. The van der Waals surface area contributed by atoms with Gasteiger partial charge in [0.2, 0.25) is 5.95 Å². The Kier molecular flexibility index (Phi) is 5.02. The van der Waals surface area contributed by atoms with Crippen LogP contribution in [0.25, 0.3) is 0 Å². The molecule has 0 bridgehead atoms. The van der Waals surface area contributed by atoms with Crippen molar-refractivity contribution in [3.05, 3.63) is 40.5 Å². The SMILES string of the molecule is CCC(C)Nc1cc(C)nc(Nc2cccc(Cl)c2C)n1. The molecule has 1 heterocycles. The first-order valence-electron chi connectivity index (χ1n) is 7.14. The Morgan fingerprint density at radius 2 is 2.00 bits per heavy atom. The highest BCUT2D eigenvalue weighted by Crippen LogP contribution is 2.25. The molecule has 5 heteroatoms. The Labute approximate surface area is 131 Å². The summed E-state index contributed by atoms with van der Waals surface area (Å²) < 4.78 is 0. The Morgan fingerprint density at radius 3 is 2.71 bits per heavy atom. The number of hydrogen-bond acceptors (Lipinski definition) is 4. The van der Waals surface area contributed by atoms with E-state index in [1.54, 1.807) is 0 Å². The van der Waals surface area contributed by atoms with Crippen LogP contribution in [0, 0.1) is 13.8 Å². The monoisotopic (exact) mass is 304 g/mol. The van der Waals surface area contributed by atoms with Gasteiger partial charge in [-0.3, -0.25) is 0 Å². The van der Waals surface area contributed by atoms with E-state index >= 15 is 0 Å². The second-order valence-electron chi connectivity index (χ2n) is 5.21. The molecule has 0 radical (unpaired) electrons. The van der Waals surface area contributed by atoms with E-state index in [1.807, 2.05) is 38.1 Å². The molecule has 0 saturated carbocycles. The smallest absolute Gasteiger partial charge is 0.229 e. The van der Waals surface area contributed by atoms with Crippen molar-refractivity contribution in [3.63, 3.8) is 0 Å². The number of anilines is 3. The average Bonchev–Trinajstić information content (AvgIpc) is 2.43. The van der Waals surface area contributed by atoms with Crippen molar-refractivity contribution in [1.29, 1.82) is 0 Å². The van der Waals surface area contributed by atoms with Crippen LogP contribution in [0.4, 0.5) is 17.5 Å². The number of nitrogens with one attached hydrogen (secondary N) is 2. The van der Waals surface area contributed by atoms with Gasteiger partial charge in [0.25, 0.3) is 0 Å². The summed E-state index contributed by atoms with van der Waals surface area (Å²) in [6.07, 6.45) is 1.04. The Hall–Kier alpha value is -1.81. The third kappa shape index (κ3) is 4.08. The Morgan fingerprint density at radius 1 is 1.24 bits per heavy atom. The first-order valence-corrected chi connectivity index (χ1v) is 7.51. The zero-order valence-corrected chi connectivity index (χ0v) is 13.6. The van der Waals surface area contributed by atoms with Crippen molar-refractivity contribution in [2.75, 3.05) is 10.6 Å². The second kappa shape index (κ2) is 6.76. The van der Waals surface area contributed by atoms with Crippen LogP contribution in [-0.4, -0.2) is 16.0 Å². The van der Waals surface area contributed by atoms with Crippen LogP contribution in [0.3, 0.4) is 0 Å². The molecule has 0 amide bonds. The maximum absolute atomic E-state index is 6.14. The zero-order chi connectivity index (χ0) is 15.4. The van der Waals surface area contributed by atoms with Gasteiger partial charge in [-0.15, -0.1) is 0 Å². The number of aryl methyl sites for hydroxylation is 1. The number of nitrogens with zero attached hydrogens (tertiary/aromatic N) is 2. The number of halogens is 1. The summed E-state index contributed by atoms with van der Waals surface area (Å²) in [7, 11) is 0. The van der Waals surface area contributed by atoms with Gasteiger partial charge in [-0.1, -0.05) is 24.6 Å². The minimum absolute atomic E-state index is 0.375. The van der Waals surface area contributed by atoms with Gasteiger partial charge in [0.15, 0.2) is 0 Å². The summed E-state index contributed by atoms with van der Waals surface area (Å²) in [6, 6.07) is 8.07.